The van der Waals surface area contributed by atoms with Gasteiger partial charge in [0.2, 0.25) is 11.8 Å². The zero-order valence-electron chi connectivity index (χ0n) is 17.0. The highest BCUT2D eigenvalue weighted by molar-refractivity contribution is 5.89. The van der Waals surface area contributed by atoms with Gasteiger partial charge in [-0.3, -0.25) is 9.59 Å². The average Bonchev–Trinajstić information content (AvgIpc) is 2.70. The molecule has 0 bridgehead atoms. The topological polar surface area (TPSA) is 70.2 Å². The van der Waals surface area contributed by atoms with Crippen molar-refractivity contribution in [2.24, 2.45) is 5.92 Å². The maximum absolute atomic E-state index is 12.6. The molecule has 3 N–H and O–H groups in total. The van der Waals surface area contributed by atoms with Gasteiger partial charge in [-0.15, -0.1) is 12.4 Å². The minimum atomic E-state index is -0.532. The van der Waals surface area contributed by atoms with Gasteiger partial charge < -0.3 is 16.0 Å². The molecule has 0 saturated heterocycles. The van der Waals surface area contributed by atoms with Crippen LogP contribution >= 0.6 is 12.4 Å². The SMILES string of the molecule is CC(C)C(NC(=O)Cc1ccc2ccccc2c1)C(=O)NCC1=CCNCC1.Cl. The van der Waals surface area contributed by atoms with Crippen molar-refractivity contribution in [3.05, 3.63) is 59.7 Å². The van der Waals surface area contributed by atoms with E-state index in [4.69, 9.17) is 0 Å². The first-order valence-electron chi connectivity index (χ1n) is 9.96. The molecule has 156 valence electrons. The van der Waals surface area contributed by atoms with Gasteiger partial charge in [-0.2, -0.15) is 0 Å². The zero-order valence-corrected chi connectivity index (χ0v) is 17.9. The summed E-state index contributed by atoms with van der Waals surface area (Å²) in [6.07, 6.45) is 3.32. The number of fused-ring (bicyclic) bond motifs is 1. The summed E-state index contributed by atoms with van der Waals surface area (Å²) in [5.41, 5.74) is 2.18. The Hall–Kier alpha value is -2.37. The molecule has 0 fully saturated rings. The Bertz CT molecular complexity index is 879. The summed E-state index contributed by atoms with van der Waals surface area (Å²) < 4.78 is 0. The lowest BCUT2D eigenvalue weighted by Gasteiger charge is -2.23. The molecule has 0 saturated carbocycles. The van der Waals surface area contributed by atoms with Crippen LogP contribution in [0.25, 0.3) is 10.8 Å². The molecule has 0 radical (unpaired) electrons. The van der Waals surface area contributed by atoms with E-state index in [0.29, 0.717) is 6.54 Å². The fraction of sp³-hybridized carbons (Fsp3) is 0.391. The van der Waals surface area contributed by atoms with Gasteiger partial charge in [0.05, 0.1) is 6.42 Å². The van der Waals surface area contributed by atoms with Gasteiger partial charge in [0.1, 0.15) is 6.04 Å². The van der Waals surface area contributed by atoms with Crippen LogP contribution in [0.2, 0.25) is 0 Å². The smallest absolute Gasteiger partial charge is 0.243 e. The van der Waals surface area contributed by atoms with Crippen LogP contribution in [-0.2, 0) is 16.0 Å². The first kappa shape index (κ1) is 22.9. The third kappa shape index (κ3) is 6.58. The third-order valence-electron chi connectivity index (χ3n) is 5.09. The van der Waals surface area contributed by atoms with E-state index < -0.39 is 6.04 Å². The predicted octanol–water partition coefficient (Wildman–Crippen LogP) is 2.98. The Kier molecular flexibility index (Phi) is 8.68. The number of nitrogens with one attached hydrogen (secondary N) is 3. The highest BCUT2D eigenvalue weighted by Gasteiger charge is 2.24. The van der Waals surface area contributed by atoms with Crippen molar-refractivity contribution < 1.29 is 9.59 Å². The Labute approximate surface area is 178 Å². The average molecular weight is 416 g/mol. The molecule has 1 unspecified atom stereocenters. The molecule has 0 aromatic heterocycles. The minimum Gasteiger partial charge on any atom is -0.351 e. The second-order valence-corrected chi connectivity index (χ2v) is 7.68. The van der Waals surface area contributed by atoms with Gasteiger partial charge in [-0.1, -0.05) is 68.0 Å². The van der Waals surface area contributed by atoms with Crippen LogP contribution in [0, 0.1) is 5.92 Å². The molecule has 2 amide bonds. The molecule has 0 spiro atoms. The minimum absolute atomic E-state index is 0. The molecule has 1 aliphatic rings. The molecule has 0 aliphatic carbocycles. The maximum Gasteiger partial charge on any atom is 0.243 e. The number of amides is 2. The normalized spacial score (nSPS) is 14.7. The second-order valence-electron chi connectivity index (χ2n) is 7.68. The van der Waals surface area contributed by atoms with Crippen molar-refractivity contribution >= 4 is 35.0 Å². The summed E-state index contributed by atoms with van der Waals surface area (Å²) in [5.74, 6) is -0.242. The largest absolute Gasteiger partial charge is 0.351 e. The van der Waals surface area contributed by atoms with Gasteiger partial charge in [-0.05, 0) is 35.2 Å². The van der Waals surface area contributed by atoms with Crippen molar-refractivity contribution in [3.63, 3.8) is 0 Å². The standard InChI is InChI=1S/C23H29N3O2.ClH/c1-16(2)22(23(28)25-15-17-9-11-24-12-10-17)26-21(27)14-18-7-8-19-5-3-4-6-20(19)13-18;/h3-9,13,16,22,24H,10-12,14-15H2,1-2H3,(H,25,28)(H,26,27);1H. The lowest BCUT2D eigenvalue weighted by molar-refractivity contribution is -0.129. The molecule has 2 aromatic carbocycles. The van der Waals surface area contributed by atoms with E-state index >= 15 is 0 Å². The van der Waals surface area contributed by atoms with Crippen molar-refractivity contribution in [2.75, 3.05) is 19.6 Å². The number of benzene rings is 2. The monoisotopic (exact) mass is 415 g/mol. The van der Waals surface area contributed by atoms with Gasteiger partial charge in [-0.25, -0.2) is 0 Å². The van der Waals surface area contributed by atoms with Crippen molar-refractivity contribution in [1.82, 2.24) is 16.0 Å². The van der Waals surface area contributed by atoms with E-state index in [0.717, 1.165) is 35.8 Å². The fourth-order valence-electron chi connectivity index (χ4n) is 3.43. The van der Waals surface area contributed by atoms with E-state index in [1.165, 1.54) is 5.57 Å². The van der Waals surface area contributed by atoms with Gasteiger partial charge in [0.25, 0.3) is 0 Å². The third-order valence-corrected chi connectivity index (χ3v) is 5.09. The van der Waals surface area contributed by atoms with Crippen LogP contribution in [0.4, 0.5) is 0 Å². The first-order chi connectivity index (χ1) is 13.5. The van der Waals surface area contributed by atoms with Crippen molar-refractivity contribution in [1.29, 1.82) is 0 Å². The number of hydrogen-bond acceptors (Lipinski definition) is 3. The molecular weight excluding hydrogens is 386 g/mol. The summed E-state index contributed by atoms with van der Waals surface area (Å²) >= 11 is 0. The summed E-state index contributed by atoms with van der Waals surface area (Å²) in [5, 5.41) is 11.4. The van der Waals surface area contributed by atoms with E-state index in [-0.39, 0.29) is 36.6 Å². The number of hydrogen-bond donors (Lipinski definition) is 3. The van der Waals surface area contributed by atoms with Crippen LogP contribution in [0.3, 0.4) is 0 Å². The van der Waals surface area contributed by atoms with E-state index in [9.17, 15) is 9.59 Å². The van der Waals surface area contributed by atoms with E-state index in [1.54, 1.807) is 0 Å². The highest BCUT2D eigenvalue weighted by Crippen LogP contribution is 2.16. The first-order valence-corrected chi connectivity index (χ1v) is 9.96. The highest BCUT2D eigenvalue weighted by atomic mass is 35.5. The Morgan fingerprint density at radius 1 is 1.10 bits per heavy atom. The summed E-state index contributed by atoms with van der Waals surface area (Å²) in [7, 11) is 0. The van der Waals surface area contributed by atoms with Gasteiger partial charge >= 0.3 is 0 Å². The van der Waals surface area contributed by atoms with Crippen LogP contribution in [0.5, 0.6) is 0 Å². The summed E-state index contributed by atoms with van der Waals surface area (Å²) in [6, 6.07) is 13.6. The Morgan fingerprint density at radius 3 is 2.55 bits per heavy atom. The van der Waals surface area contributed by atoms with Crippen LogP contribution in [0.15, 0.2) is 54.1 Å². The Morgan fingerprint density at radius 2 is 1.86 bits per heavy atom. The van der Waals surface area contributed by atoms with Crippen LogP contribution in [-0.4, -0.2) is 37.5 Å². The summed E-state index contributed by atoms with van der Waals surface area (Å²) in [6.45, 7) is 6.23. The lowest BCUT2D eigenvalue weighted by atomic mass is 10.0. The number of carbonyl (C=O) groups is 2. The van der Waals surface area contributed by atoms with Crippen molar-refractivity contribution in [2.45, 2.75) is 32.7 Å². The Balaban J connectivity index is 0.00000300. The lowest BCUT2D eigenvalue weighted by Crippen LogP contribution is -2.50. The molecule has 5 nitrogen and oxygen atoms in total. The number of rotatable bonds is 7. The van der Waals surface area contributed by atoms with Gasteiger partial charge in [0, 0.05) is 13.1 Å². The zero-order chi connectivity index (χ0) is 19.9. The number of halogens is 1. The maximum atomic E-state index is 12.6. The molecular formula is C23H30ClN3O2. The quantitative estimate of drug-likeness (QED) is 0.609. The molecule has 3 rings (SSSR count). The molecule has 6 heteroatoms. The fourth-order valence-corrected chi connectivity index (χ4v) is 3.43. The van der Waals surface area contributed by atoms with Crippen LogP contribution < -0.4 is 16.0 Å². The van der Waals surface area contributed by atoms with Crippen molar-refractivity contribution in [3.8, 4) is 0 Å². The molecule has 29 heavy (non-hydrogen) atoms. The molecule has 1 heterocycles. The molecule has 1 aliphatic heterocycles. The van der Waals surface area contributed by atoms with E-state index in [2.05, 4.69) is 28.1 Å². The second kappa shape index (κ2) is 11.0. The molecule has 2 aromatic rings. The molecule has 1 atom stereocenters. The van der Waals surface area contributed by atoms with Crippen LogP contribution in [0.1, 0.15) is 25.8 Å². The predicted molar refractivity (Wildman–Crippen MR) is 120 cm³/mol. The number of carbonyl (C=O) groups excluding carboxylic acids is 2. The van der Waals surface area contributed by atoms with Gasteiger partial charge in [0.15, 0.2) is 0 Å². The summed E-state index contributed by atoms with van der Waals surface area (Å²) in [4.78, 5) is 25.2. The van der Waals surface area contributed by atoms with E-state index in [1.807, 2.05) is 50.2 Å².